The molecule has 0 heterocycles. The van der Waals surface area contributed by atoms with Gasteiger partial charge < -0.3 is 5.32 Å². The maximum absolute atomic E-state index is 3.58. The van der Waals surface area contributed by atoms with Crippen LogP contribution in [0, 0.1) is 5.92 Å². The second kappa shape index (κ2) is 3.97. The molecule has 1 N–H and O–H groups in total. The van der Waals surface area contributed by atoms with Gasteiger partial charge in [-0.2, -0.15) is 0 Å². The van der Waals surface area contributed by atoms with E-state index in [1.54, 1.807) is 0 Å². The molecule has 0 spiro atoms. The Bertz CT molecular complexity index is 310. The van der Waals surface area contributed by atoms with E-state index in [0.717, 1.165) is 18.4 Å². The average molecular weight is 203 g/mol. The van der Waals surface area contributed by atoms with Crippen molar-refractivity contribution in [2.45, 2.75) is 38.6 Å². The van der Waals surface area contributed by atoms with Gasteiger partial charge in [-0.05, 0) is 51.1 Å². The molecule has 1 aromatic rings. The third-order valence-corrected chi connectivity index (χ3v) is 3.04. The van der Waals surface area contributed by atoms with Gasteiger partial charge in [0, 0.05) is 5.54 Å². The Morgan fingerprint density at radius 1 is 1.20 bits per heavy atom. The lowest BCUT2D eigenvalue weighted by molar-refractivity contribution is 0.414. The van der Waals surface area contributed by atoms with E-state index in [1.807, 2.05) is 0 Å². The molecule has 1 aromatic carbocycles. The van der Waals surface area contributed by atoms with Crippen molar-refractivity contribution in [1.29, 1.82) is 0 Å². The Hall–Kier alpha value is -0.820. The predicted octanol–water partition coefficient (Wildman–Crippen LogP) is 3.18. The van der Waals surface area contributed by atoms with Gasteiger partial charge in [-0.3, -0.25) is 0 Å². The maximum Gasteiger partial charge on any atom is 0.00966 e. The largest absolute Gasteiger partial charge is 0.312 e. The van der Waals surface area contributed by atoms with Gasteiger partial charge in [0.1, 0.15) is 0 Å². The van der Waals surface area contributed by atoms with E-state index in [4.69, 9.17) is 0 Å². The van der Waals surface area contributed by atoms with Gasteiger partial charge in [0.15, 0.2) is 0 Å². The van der Waals surface area contributed by atoms with E-state index in [0.29, 0.717) is 0 Å². The van der Waals surface area contributed by atoms with Crippen molar-refractivity contribution in [2.24, 2.45) is 5.92 Å². The number of rotatable bonds is 3. The van der Waals surface area contributed by atoms with Crippen molar-refractivity contribution in [3.63, 3.8) is 0 Å². The van der Waals surface area contributed by atoms with Gasteiger partial charge >= 0.3 is 0 Å². The molecule has 1 aliphatic carbocycles. The molecule has 1 heteroatoms. The molecule has 2 rings (SSSR count). The molecule has 0 aromatic heterocycles. The molecule has 1 saturated carbocycles. The summed E-state index contributed by atoms with van der Waals surface area (Å²) in [6.07, 6.45) is 1.35. The first-order valence-electron chi connectivity index (χ1n) is 5.86. The van der Waals surface area contributed by atoms with E-state index in [2.05, 4.69) is 56.4 Å². The Labute approximate surface area is 92.9 Å². The van der Waals surface area contributed by atoms with Crippen LogP contribution in [-0.2, 0) is 0 Å². The fraction of sp³-hybridized carbons (Fsp3) is 0.571. The predicted molar refractivity (Wildman–Crippen MR) is 65.0 cm³/mol. The molecule has 2 atom stereocenters. The summed E-state index contributed by atoms with van der Waals surface area (Å²) in [5.74, 6) is 1.66. The molecule has 1 aliphatic rings. The molecule has 0 bridgehead atoms. The van der Waals surface area contributed by atoms with E-state index in [-0.39, 0.29) is 5.54 Å². The molecule has 0 aliphatic heterocycles. The van der Waals surface area contributed by atoms with Crippen molar-refractivity contribution in [2.75, 3.05) is 6.54 Å². The van der Waals surface area contributed by atoms with Crippen molar-refractivity contribution in [3.05, 3.63) is 35.9 Å². The fourth-order valence-corrected chi connectivity index (χ4v) is 2.02. The van der Waals surface area contributed by atoms with Gasteiger partial charge in [0.25, 0.3) is 0 Å². The zero-order valence-corrected chi connectivity index (χ0v) is 9.96. The van der Waals surface area contributed by atoms with Gasteiger partial charge in [0.2, 0.25) is 0 Å². The monoisotopic (exact) mass is 203 g/mol. The van der Waals surface area contributed by atoms with Crippen LogP contribution in [0.5, 0.6) is 0 Å². The van der Waals surface area contributed by atoms with Gasteiger partial charge in [-0.25, -0.2) is 0 Å². The van der Waals surface area contributed by atoms with Crippen molar-refractivity contribution in [3.8, 4) is 0 Å². The Morgan fingerprint density at radius 3 is 2.47 bits per heavy atom. The highest BCUT2D eigenvalue weighted by atomic mass is 15.0. The minimum absolute atomic E-state index is 0.254. The Balaban J connectivity index is 1.82. The van der Waals surface area contributed by atoms with Gasteiger partial charge in [-0.1, -0.05) is 30.3 Å². The molecule has 0 amide bonds. The molecule has 1 nitrogen and oxygen atoms in total. The number of benzene rings is 1. The van der Waals surface area contributed by atoms with Gasteiger partial charge in [-0.15, -0.1) is 0 Å². The summed E-state index contributed by atoms with van der Waals surface area (Å²) in [4.78, 5) is 0. The first-order valence-corrected chi connectivity index (χ1v) is 5.86. The SMILES string of the molecule is CC(C)(C)NC[C@@H]1C[C@H]1c1ccccc1. The third kappa shape index (κ3) is 3.07. The highest BCUT2D eigenvalue weighted by molar-refractivity contribution is 5.25. The van der Waals surface area contributed by atoms with Crippen LogP contribution in [0.2, 0.25) is 0 Å². The molecule has 0 unspecified atom stereocenters. The number of nitrogens with one attached hydrogen (secondary N) is 1. The van der Waals surface area contributed by atoms with Crippen molar-refractivity contribution in [1.82, 2.24) is 5.32 Å². The number of hydrogen-bond acceptors (Lipinski definition) is 1. The molecule has 1 fully saturated rings. The minimum Gasteiger partial charge on any atom is -0.312 e. The summed E-state index contributed by atoms with van der Waals surface area (Å²) in [5.41, 5.74) is 1.77. The summed E-state index contributed by atoms with van der Waals surface area (Å²) in [5, 5.41) is 3.58. The van der Waals surface area contributed by atoms with Crippen molar-refractivity contribution < 1.29 is 0 Å². The summed E-state index contributed by atoms with van der Waals surface area (Å²) in [7, 11) is 0. The lowest BCUT2D eigenvalue weighted by atomic mass is 10.1. The zero-order valence-electron chi connectivity index (χ0n) is 9.96. The first-order chi connectivity index (χ1) is 7.06. The summed E-state index contributed by atoms with van der Waals surface area (Å²) < 4.78 is 0. The second-order valence-electron chi connectivity index (χ2n) is 5.64. The summed E-state index contributed by atoms with van der Waals surface area (Å²) in [6.45, 7) is 7.84. The first kappa shape index (κ1) is 10.7. The molecule has 15 heavy (non-hydrogen) atoms. The van der Waals surface area contributed by atoms with E-state index in [1.165, 1.54) is 12.0 Å². The second-order valence-corrected chi connectivity index (χ2v) is 5.64. The Kier molecular flexibility index (Phi) is 2.83. The molecule has 0 saturated heterocycles. The molecule has 82 valence electrons. The topological polar surface area (TPSA) is 12.0 Å². The lowest BCUT2D eigenvalue weighted by Crippen LogP contribution is -2.37. The molecular formula is C14H21N. The molecule has 0 radical (unpaired) electrons. The van der Waals surface area contributed by atoms with Crippen LogP contribution in [0.25, 0.3) is 0 Å². The van der Waals surface area contributed by atoms with E-state index in [9.17, 15) is 0 Å². The smallest absolute Gasteiger partial charge is 0.00966 e. The van der Waals surface area contributed by atoms with Crippen LogP contribution in [0.1, 0.15) is 38.7 Å². The van der Waals surface area contributed by atoms with Crippen LogP contribution in [0.3, 0.4) is 0 Å². The van der Waals surface area contributed by atoms with Crippen molar-refractivity contribution >= 4 is 0 Å². The van der Waals surface area contributed by atoms with Crippen LogP contribution in [0.15, 0.2) is 30.3 Å². The summed E-state index contributed by atoms with van der Waals surface area (Å²) >= 11 is 0. The molecular weight excluding hydrogens is 182 g/mol. The normalized spacial score (nSPS) is 25.3. The van der Waals surface area contributed by atoms with E-state index < -0.39 is 0 Å². The van der Waals surface area contributed by atoms with Crippen LogP contribution in [-0.4, -0.2) is 12.1 Å². The fourth-order valence-electron chi connectivity index (χ4n) is 2.02. The number of hydrogen-bond donors (Lipinski definition) is 1. The minimum atomic E-state index is 0.254. The van der Waals surface area contributed by atoms with Gasteiger partial charge in [0.05, 0.1) is 0 Å². The standard InChI is InChI=1S/C14H21N/c1-14(2,3)15-10-12-9-13(12)11-7-5-4-6-8-11/h4-8,12-13,15H,9-10H2,1-3H3/t12-,13-/m0/s1. The lowest BCUT2D eigenvalue weighted by Gasteiger charge is -2.20. The highest BCUT2D eigenvalue weighted by Gasteiger charge is 2.38. The zero-order chi connectivity index (χ0) is 10.9. The Morgan fingerprint density at radius 2 is 1.87 bits per heavy atom. The van der Waals surface area contributed by atoms with Crippen LogP contribution < -0.4 is 5.32 Å². The van der Waals surface area contributed by atoms with Crippen LogP contribution >= 0.6 is 0 Å². The quantitative estimate of drug-likeness (QED) is 0.795. The van der Waals surface area contributed by atoms with Crippen LogP contribution in [0.4, 0.5) is 0 Å². The van der Waals surface area contributed by atoms with E-state index >= 15 is 0 Å². The third-order valence-electron chi connectivity index (χ3n) is 3.04. The average Bonchev–Trinajstić information content (AvgIpc) is 2.94. The highest BCUT2D eigenvalue weighted by Crippen LogP contribution is 2.46. The summed E-state index contributed by atoms with van der Waals surface area (Å²) in [6, 6.07) is 10.9. The maximum atomic E-state index is 3.58.